The number of hydrogen-bond acceptors (Lipinski definition) is 5. The maximum absolute atomic E-state index is 3.06. The molecule has 5 heteroatoms. The van der Waals surface area contributed by atoms with Crippen LogP contribution in [-0.4, -0.2) is 8.83 Å². The Balaban J connectivity index is 1.84. The normalized spacial score (nSPS) is 18.8. The van der Waals surface area contributed by atoms with Gasteiger partial charge in [0.15, 0.2) is 0 Å². The van der Waals surface area contributed by atoms with E-state index in [2.05, 4.69) is 10.9 Å². The number of hydrazine groups is 2. The summed E-state index contributed by atoms with van der Waals surface area (Å²) in [6.07, 6.45) is 15.4. The van der Waals surface area contributed by atoms with Gasteiger partial charge in [0.25, 0.3) is 0 Å². The minimum absolute atomic E-state index is 1.51. The molecule has 0 aromatic carbocycles. The van der Waals surface area contributed by atoms with Crippen LogP contribution in [0.5, 0.6) is 0 Å². The molecule has 0 aromatic heterocycles. The second kappa shape index (κ2) is 3.95. The van der Waals surface area contributed by atoms with E-state index >= 15 is 0 Å². The molecule has 2 aliphatic rings. The third-order valence-electron chi connectivity index (χ3n) is 1.44. The van der Waals surface area contributed by atoms with E-state index in [4.69, 9.17) is 0 Å². The third kappa shape index (κ3) is 2.22. The molecule has 0 aliphatic carbocycles. The standard InChI is InChI=1S/C8H10N4S/c1-3-7-11(9-5-1)13-12-8-4-2-6-10-12/h1-10H. The highest BCUT2D eigenvalue weighted by Gasteiger charge is 2.05. The zero-order chi connectivity index (χ0) is 8.93. The first-order valence-corrected chi connectivity index (χ1v) is 4.64. The Morgan fingerprint density at radius 2 is 1.31 bits per heavy atom. The molecule has 2 aliphatic heterocycles. The van der Waals surface area contributed by atoms with Crippen molar-refractivity contribution < 1.29 is 0 Å². The van der Waals surface area contributed by atoms with E-state index in [1.54, 1.807) is 0 Å². The van der Waals surface area contributed by atoms with Crippen LogP contribution in [0, 0.1) is 0 Å². The van der Waals surface area contributed by atoms with Gasteiger partial charge < -0.3 is 0 Å². The van der Waals surface area contributed by atoms with Crippen LogP contribution in [0.4, 0.5) is 0 Å². The summed E-state index contributed by atoms with van der Waals surface area (Å²) in [4.78, 5) is 0. The second-order valence-corrected chi connectivity index (χ2v) is 3.34. The van der Waals surface area contributed by atoms with E-state index < -0.39 is 0 Å². The fraction of sp³-hybridized carbons (Fsp3) is 0. The lowest BCUT2D eigenvalue weighted by Gasteiger charge is -2.27. The molecule has 0 bridgehead atoms. The monoisotopic (exact) mass is 194 g/mol. The van der Waals surface area contributed by atoms with Crippen molar-refractivity contribution in [1.29, 1.82) is 0 Å². The third-order valence-corrected chi connectivity index (χ3v) is 2.24. The SMILES string of the molecule is C1=CNN(SN2C=CC=CN2)C=C1. The largest absolute Gasteiger partial charge is 0.295 e. The van der Waals surface area contributed by atoms with E-state index in [1.165, 1.54) is 12.1 Å². The van der Waals surface area contributed by atoms with Gasteiger partial charge in [-0.15, -0.1) is 0 Å². The average molecular weight is 194 g/mol. The first kappa shape index (κ1) is 8.12. The summed E-state index contributed by atoms with van der Waals surface area (Å²) in [7, 11) is 0. The summed E-state index contributed by atoms with van der Waals surface area (Å²) in [5.74, 6) is 0. The van der Waals surface area contributed by atoms with Gasteiger partial charge in [-0.2, -0.15) is 0 Å². The Bertz CT molecular complexity index is 254. The molecule has 2 heterocycles. The van der Waals surface area contributed by atoms with Gasteiger partial charge >= 0.3 is 0 Å². The Morgan fingerprint density at radius 3 is 1.69 bits per heavy atom. The van der Waals surface area contributed by atoms with Gasteiger partial charge in [-0.05, 0) is 24.3 Å². The fourth-order valence-corrected chi connectivity index (χ4v) is 1.54. The van der Waals surface area contributed by atoms with Crippen LogP contribution in [0.15, 0.2) is 49.1 Å². The van der Waals surface area contributed by atoms with Crippen molar-refractivity contribution in [3.63, 3.8) is 0 Å². The zero-order valence-corrected chi connectivity index (χ0v) is 7.74. The van der Waals surface area contributed by atoms with Gasteiger partial charge in [0.05, 0.1) is 0 Å². The Kier molecular flexibility index (Phi) is 2.47. The molecule has 68 valence electrons. The highest BCUT2D eigenvalue weighted by atomic mass is 32.2. The molecular formula is C8H10N4S. The first-order chi connectivity index (χ1) is 6.45. The van der Waals surface area contributed by atoms with E-state index in [0.717, 1.165) is 0 Å². The van der Waals surface area contributed by atoms with E-state index in [0.29, 0.717) is 0 Å². The van der Waals surface area contributed by atoms with Crippen LogP contribution in [0.3, 0.4) is 0 Å². The molecule has 0 fully saturated rings. The van der Waals surface area contributed by atoms with Crippen LogP contribution in [0.1, 0.15) is 0 Å². The Hall–Kier alpha value is -1.49. The lowest BCUT2D eigenvalue weighted by molar-refractivity contribution is 0.464. The van der Waals surface area contributed by atoms with Crippen molar-refractivity contribution in [3.8, 4) is 0 Å². The predicted molar refractivity (Wildman–Crippen MR) is 54.1 cm³/mol. The van der Waals surface area contributed by atoms with Crippen molar-refractivity contribution in [1.82, 2.24) is 19.7 Å². The van der Waals surface area contributed by atoms with Crippen molar-refractivity contribution in [2.45, 2.75) is 0 Å². The minimum Gasteiger partial charge on any atom is -0.295 e. The van der Waals surface area contributed by atoms with Crippen LogP contribution in [-0.2, 0) is 0 Å². The molecule has 0 unspecified atom stereocenters. The topological polar surface area (TPSA) is 30.5 Å². The summed E-state index contributed by atoms with van der Waals surface area (Å²) in [6, 6.07) is 0. The van der Waals surface area contributed by atoms with Gasteiger partial charge in [-0.3, -0.25) is 10.9 Å². The second-order valence-electron chi connectivity index (χ2n) is 2.39. The number of nitrogens with zero attached hydrogens (tertiary/aromatic N) is 2. The highest BCUT2D eigenvalue weighted by molar-refractivity contribution is 7.94. The number of hydrogen-bond donors (Lipinski definition) is 2. The summed E-state index contributed by atoms with van der Waals surface area (Å²) < 4.78 is 3.77. The van der Waals surface area contributed by atoms with Crippen molar-refractivity contribution in [2.75, 3.05) is 0 Å². The molecule has 0 amide bonds. The Labute approximate surface area is 81.5 Å². The van der Waals surface area contributed by atoms with Crippen LogP contribution in [0.25, 0.3) is 0 Å². The maximum atomic E-state index is 3.06. The summed E-state index contributed by atoms with van der Waals surface area (Å²) >= 11 is 1.51. The maximum Gasteiger partial charge on any atom is 0.112 e. The van der Waals surface area contributed by atoms with Gasteiger partial charge in [0.1, 0.15) is 12.1 Å². The van der Waals surface area contributed by atoms with Crippen molar-refractivity contribution in [3.05, 3.63) is 49.1 Å². The van der Waals surface area contributed by atoms with Crippen LogP contribution >= 0.6 is 12.1 Å². The summed E-state index contributed by atoms with van der Waals surface area (Å²) in [6.45, 7) is 0. The molecule has 0 spiro atoms. The molecule has 0 atom stereocenters. The molecule has 4 nitrogen and oxygen atoms in total. The fourth-order valence-electron chi connectivity index (χ4n) is 0.882. The number of allylic oxidation sites excluding steroid dienone is 4. The highest BCUT2D eigenvalue weighted by Crippen LogP contribution is 2.15. The van der Waals surface area contributed by atoms with Crippen LogP contribution < -0.4 is 10.9 Å². The van der Waals surface area contributed by atoms with Gasteiger partial charge in [0, 0.05) is 24.8 Å². The van der Waals surface area contributed by atoms with Gasteiger partial charge in [-0.1, -0.05) is 0 Å². The van der Waals surface area contributed by atoms with E-state index in [1.807, 2.05) is 57.9 Å². The molecule has 0 saturated carbocycles. The lowest BCUT2D eigenvalue weighted by Crippen LogP contribution is -2.33. The predicted octanol–water partition coefficient (Wildman–Crippen LogP) is 1.24. The van der Waals surface area contributed by atoms with E-state index in [-0.39, 0.29) is 0 Å². The molecule has 0 aromatic rings. The molecule has 2 rings (SSSR count). The molecule has 0 radical (unpaired) electrons. The number of rotatable bonds is 2. The van der Waals surface area contributed by atoms with Gasteiger partial charge in [-0.25, -0.2) is 8.83 Å². The zero-order valence-electron chi connectivity index (χ0n) is 6.92. The smallest absolute Gasteiger partial charge is 0.112 e. The van der Waals surface area contributed by atoms with E-state index in [9.17, 15) is 0 Å². The van der Waals surface area contributed by atoms with Crippen molar-refractivity contribution >= 4 is 12.1 Å². The van der Waals surface area contributed by atoms with Crippen LogP contribution in [0.2, 0.25) is 0 Å². The first-order valence-electron chi connectivity index (χ1n) is 3.91. The molecule has 0 saturated heterocycles. The molecule has 13 heavy (non-hydrogen) atoms. The average Bonchev–Trinajstić information content (AvgIpc) is 2.21. The number of nitrogens with one attached hydrogen (secondary N) is 2. The molecule has 2 N–H and O–H groups in total. The molecular weight excluding hydrogens is 184 g/mol. The summed E-state index contributed by atoms with van der Waals surface area (Å²) in [5.41, 5.74) is 6.11. The minimum atomic E-state index is 1.51. The van der Waals surface area contributed by atoms with Gasteiger partial charge in [0.2, 0.25) is 0 Å². The lowest BCUT2D eigenvalue weighted by atomic mass is 10.5. The Morgan fingerprint density at radius 1 is 0.769 bits per heavy atom. The quantitative estimate of drug-likeness (QED) is 0.646. The summed E-state index contributed by atoms with van der Waals surface area (Å²) in [5, 5.41) is 0. The van der Waals surface area contributed by atoms with Crippen molar-refractivity contribution in [2.24, 2.45) is 0 Å².